The molecule has 0 aromatic heterocycles. The number of hydrogen-bond donors (Lipinski definition) is 1. The Bertz CT molecular complexity index is 370. The summed E-state index contributed by atoms with van der Waals surface area (Å²) in [5, 5.41) is 8.38. The molecule has 100 valence electrons. The molecular formula is C9H17NO5S2. The summed E-state index contributed by atoms with van der Waals surface area (Å²) in [6.07, 6.45) is 1.14. The minimum Gasteiger partial charge on any atom is -0.480 e. The van der Waals surface area contributed by atoms with Gasteiger partial charge in [-0.15, -0.1) is 0 Å². The van der Waals surface area contributed by atoms with Crippen LogP contribution in [0.1, 0.15) is 0 Å². The maximum atomic E-state index is 11.6. The standard InChI is InChI=1S/C9H17NO5S2/c1-15-5-7(9(11)12)10-3-4-16-6-8(10)17(2,13)14/h7-8H,3-6H2,1-2H3,(H,11,12). The van der Waals surface area contributed by atoms with E-state index in [-0.39, 0.29) is 6.61 Å². The van der Waals surface area contributed by atoms with E-state index in [1.807, 2.05) is 0 Å². The minimum atomic E-state index is -3.29. The van der Waals surface area contributed by atoms with Crippen molar-refractivity contribution in [2.45, 2.75) is 11.4 Å². The van der Waals surface area contributed by atoms with E-state index in [1.165, 1.54) is 23.8 Å². The molecule has 2 unspecified atom stereocenters. The lowest BCUT2D eigenvalue weighted by atomic mass is 10.2. The van der Waals surface area contributed by atoms with Crippen molar-refractivity contribution in [3.63, 3.8) is 0 Å². The molecule has 0 aromatic rings. The van der Waals surface area contributed by atoms with E-state index in [4.69, 9.17) is 9.84 Å². The Hall–Kier alpha value is -0.310. The van der Waals surface area contributed by atoms with Crippen LogP contribution in [0.4, 0.5) is 0 Å². The van der Waals surface area contributed by atoms with Crippen LogP contribution in [-0.2, 0) is 19.4 Å². The molecular weight excluding hydrogens is 266 g/mol. The summed E-state index contributed by atoms with van der Waals surface area (Å²) in [5.41, 5.74) is 0. The molecule has 0 aromatic carbocycles. The molecule has 0 amide bonds. The number of methoxy groups -OCH3 is 1. The Morgan fingerprint density at radius 2 is 2.29 bits per heavy atom. The van der Waals surface area contributed by atoms with Crippen molar-refractivity contribution in [3.05, 3.63) is 0 Å². The Balaban J connectivity index is 2.93. The van der Waals surface area contributed by atoms with E-state index in [0.29, 0.717) is 12.3 Å². The number of sulfone groups is 1. The van der Waals surface area contributed by atoms with E-state index in [9.17, 15) is 13.2 Å². The zero-order valence-corrected chi connectivity index (χ0v) is 11.5. The van der Waals surface area contributed by atoms with Crippen LogP contribution in [-0.4, -0.2) is 73.8 Å². The molecule has 1 fully saturated rings. The summed E-state index contributed by atoms with van der Waals surface area (Å²) in [4.78, 5) is 12.6. The fraction of sp³-hybridized carbons (Fsp3) is 0.889. The van der Waals surface area contributed by atoms with Gasteiger partial charge in [0.25, 0.3) is 0 Å². The summed E-state index contributed by atoms with van der Waals surface area (Å²) in [6.45, 7) is 0.439. The van der Waals surface area contributed by atoms with Gasteiger partial charge < -0.3 is 9.84 Å². The first kappa shape index (κ1) is 14.7. The van der Waals surface area contributed by atoms with E-state index in [2.05, 4.69) is 0 Å². The van der Waals surface area contributed by atoms with Gasteiger partial charge in [-0.1, -0.05) is 0 Å². The highest BCUT2D eigenvalue weighted by atomic mass is 32.2. The largest absolute Gasteiger partial charge is 0.480 e. The van der Waals surface area contributed by atoms with Crippen LogP contribution < -0.4 is 0 Å². The van der Waals surface area contributed by atoms with Gasteiger partial charge in [-0.25, -0.2) is 8.42 Å². The topological polar surface area (TPSA) is 83.9 Å². The second-order valence-electron chi connectivity index (χ2n) is 3.91. The molecule has 0 radical (unpaired) electrons. The molecule has 1 heterocycles. The van der Waals surface area contributed by atoms with Crippen molar-refractivity contribution < 1.29 is 23.1 Å². The van der Waals surface area contributed by atoms with E-state index in [1.54, 1.807) is 0 Å². The molecule has 0 saturated carbocycles. The number of carboxylic acid groups (broad SMARTS) is 1. The highest BCUT2D eigenvalue weighted by Crippen LogP contribution is 2.22. The van der Waals surface area contributed by atoms with Crippen molar-refractivity contribution in [2.24, 2.45) is 0 Å². The lowest BCUT2D eigenvalue weighted by Gasteiger charge is -2.37. The second kappa shape index (κ2) is 6.03. The minimum absolute atomic E-state index is 0.00792. The molecule has 1 N–H and O–H groups in total. The summed E-state index contributed by atoms with van der Waals surface area (Å²) >= 11 is 1.53. The van der Waals surface area contributed by atoms with Gasteiger partial charge in [0.2, 0.25) is 0 Å². The number of aliphatic carboxylic acids is 1. The van der Waals surface area contributed by atoms with Gasteiger partial charge in [0.1, 0.15) is 11.4 Å². The maximum absolute atomic E-state index is 11.6. The molecule has 8 heteroatoms. The number of rotatable bonds is 5. The Kier molecular flexibility index (Phi) is 5.23. The molecule has 1 aliphatic rings. The third-order valence-electron chi connectivity index (χ3n) is 2.63. The number of hydrogen-bond acceptors (Lipinski definition) is 6. The highest BCUT2D eigenvalue weighted by Gasteiger charge is 2.38. The van der Waals surface area contributed by atoms with Gasteiger partial charge >= 0.3 is 5.97 Å². The predicted molar refractivity (Wildman–Crippen MR) is 66.0 cm³/mol. The zero-order chi connectivity index (χ0) is 13.1. The lowest BCUT2D eigenvalue weighted by Crippen LogP contribution is -2.56. The van der Waals surface area contributed by atoms with Gasteiger partial charge in [-0.05, 0) is 0 Å². The van der Waals surface area contributed by atoms with Crippen LogP contribution in [0.5, 0.6) is 0 Å². The molecule has 0 spiro atoms. The Labute approximate surface area is 105 Å². The molecule has 17 heavy (non-hydrogen) atoms. The monoisotopic (exact) mass is 283 g/mol. The first-order valence-corrected chi connectivity index (χ1v) is 8.23. The first-order chi connectivity index (χ1) is 7.88. The van der Waals surface area contributed by atoms with Crippen molar-refractivity contribution in [1.29, 1.82) is 0 Å². The van der Waals surface area contributed by atoms with E-state index in [0.717, 1.165) is 12.0 Å². The third-order valence-corrected chi connectivity index (χ3v) is 5.29. The summed E-state index contributed by atoms with van der Waals surface area (Å²) in [7, 11) is -1.88. The van der Waals surface area contributed by atoms with Gasteiger partial charge in [0.15, 0.2) is 9.84 Å². The first-order valence-electron chi connectivity index (χ1n) is 5.12. The predicted octanol–water partition coefficient (Wildman–Crippen LogP) is -0.494. The zero-order valence-electron chi connectivity index (χ0n) is 9.83. The normalized spacial score (nSPS) is 24.5. The lowest BCUT2D eigenvalue weighted by molar-refractivity contribution is -0.145. The second-order valence-corrected chi connectivity index (χ2v) is 7.26. The van der Waals surface area contributed by atoms with Crippen LogP contribution >= 0.6 is 11.8 Å². The fourth-order valence-electron chi connectivity index (χ4n) is 1.79. The van der Waals surface area contributed by atoms with Gasteiger partial charge in [0.05, 0.1) is 6.61 Å². The average molecular weight is 283 g/mol. The summed E-state index contributed by atoms with van der Waals surface area (Å²) < 4.78 is 28.1. The SMILES string of the molecule is COCC(C(=O)O)N1CCSCC1S(C)(=O)=O. The number of carboxylic acids is 1. The van der Waals surface area contributed by atoms with Gasteiger partial charge in [0, 0.05) is 31.4 Å². The molecule has 6 nitrogen and oxygen atoms in total. The molecule has 0 aliphatic carbocycles. The fourth-order valence-corrected chi connectivity index (χ4v) is 4.71. The van der Waals surface area contributed by atoms with Crippen LogP contribution in [0, 0.1) is 0 Å². The number of thioether (sulfide) groups is 1. The number of ether oxygens (including phenoxy) is 1. The highest BCUT2D eigenvalue weighted by molar-refractivity contribution is 8.00. The molecule has 2 atom stereocenters. The van der Waals surface area contributed by atoms with Crippen LogP contribution in [0.25, 0.3) is 0 Å². The van der Waals surface area contributed by atoms with Crippen molar-refractivity contribution >= 4 is 27.6 Å². The van der Waals surface area contributed by atoms with Crippen LogP contribution in [0.2, 0.25) is 0 Å². The molecule has 1 saturated heterocycles. The summed E-state index contributed by atoms with van der Waals surface area (Å²) in [5.74, 6) is 0.0960. The number of nitrogens with zero attached hydrogens (tertiary/aromatic N) is 1. The van der Waals surface area contributed by atoms with E-state index < -0.39 is 27.2 Å². The van der Waals surface area contributed by atoms with Crippen LogP contribution in [0.3, 0.4) is 0 Å². The summed E-state index contributed by atoms with van der Waals surface area (Å²) in [6, 6.07) is -0.902. The Morgan fingerprint density at radius 1 is 1.65 bits per heavy atom. The molecule has 1 aliphatic heterocycles. The average Bonchev–Trinajstić information content (AvgIpc) is 2.24. The van der Waals surface area contributed by atoms with Gasteiger partial charge in [-0.2, -0.15) is 11.8 Å². The molecule has 1 rings (SSSR count). The maximum Gasteiger partial charge on any atom is 0.323 e. The van der Waals surface area contributed by atoms with E-state index >= 15 is 0 Å². The van der Waals surface area contributed by atoms with Gasteiger partial charge in [-0.3, -0.25) is 9.69 Å². The molecule has 0 bridgehead atoms. The van der Waals surface area contributed by atoms with Crippen molar-refractivity contribution in [3.8, 4) is 0 Å². The van der Waals surface area contributed by atoms with Crippen molar-refractivity contribution in [1.82, 2.24) is 4.90 Å². The number of carbonyl (C=O) groups is 1. The smallest absolute Gasteiger partial charge is 0.323 e. The third kappa shape index (κ3) is 3.84. The van der Waals surface area contributed by atoms with Crippen molar-refractivity contribution in [2.75, 3.05) is 38.0 Å². The Morgan fingerprint density at radius 3 is 2.76 bits per heavy atom. The van der Waals surface area contributed by atoms with Crippen LogP contribution in [0.15, 0.2) is 0 Å². The quantitative estimate of drug-likeness (QED) is 0.728.